The van der Waals surface area contributed by atoms with Gasteiger partial charge in [-0.1, -0.05) is 6.92 Å². The Labute approximate surface area is 119 Å². The molecule has 0 bridgehead atoms. The van der Waals surface area contributed by atoms with Crippen molar-refractivity contribution in [1.82, 2.24) is 0 Å². The molecule has 0 spiro atoms. The predicted octanol–water partition coefficient (Wildman–Crippen LogP) is 1.92. The molecule has 4 nitrogen and oxygen atoms in total. The molecule has 0 saturated carbocycles. The van der Waals surface area contributed by atoms with Gasteiger partial charge < -0.3 is 9.64 Å². The average Bonchev–Trinajstić information content (AvgIpc) is 2.47. The third kappa shape index (κ3) is 3.41. The van der Waals surface area contributed by atoms with Gasteiger partial charge in [0, 0.05) is 18.8 Å². The second kappa shape index (κ2) is 6.11. The standard InChI is InChI=1S/C13H18ClNO3S/c1-2-19(16,17)13-5-3-11(4-6-13)15-7-8-18-12(9-14)10-15/h3-6,12H,2,7-10H2,1H3. The van der Waals surface area contributed by atoms with Crippen LogP contribution in [0.2, 0.25) is 0 Å². The smallest absolute Gasteiger partial charge is 0.178 e. The van der Waals surface area contributed by atoms with Gasteiger partial charge in [-0.3, -0.25) is 0 Å². The molecule has 1 fully saturated rings. The van der Waals surface area contributed by atoms with E-state index in [2.05, 4.69) is 4.90 Å². The molecule has 0 aliphatic carbocycles. The molecule has 1 unspecified atom stereocenters. The van der Waals surface area contributed by atoms with Gasteiger partial charge in [-0.15, -0.1) is 11.6 Å². The van der Waals surface area contributed by atoms with Gasteiger partial charge in [-0.25, -0.2) is 8.42 Å². The van der Waals surface area contributed by atoms with Crippen LogP contribution in [0.3, 0.4) is 0 Å². The Balaban J connectivity index is 2.14. The van der Waals surface area contributed by atoms with Crippen molar-refractivity contribution >= 4 is 27.1 Å². The first-order chi connectivity index (χ1) is 9.06. The van der Waals surface area contributed by atoms with Gasteiger partial charge >= 0.3 is 0 Å². The van der Waals surface area contributed by atoms with Crippen LogP contribution in [0.5, 0.6) is 0 Å². The number of alkyl halides is 1. The van der Waals surface area contributed by atoms with Crippen LogP contribution in [-0.2, 0) is 14.6 Å². The lowest BCUT2D eigenvalue weighted by Crippen LogP contribution is -2.43. The van der Waals surface area contributed by atoms with E-state index < -0.39 is 9.84 Å². The van der Waals surface area contributed by atoms with Crippen LogP contribution in [0.4, 0.5) is 5.69 Å². The van der Waals surface area contributed by atoms with E-state index in [-0.39, 0.29) is 11.9 Å². The minimum atomic E-state index is -3.13. The zero-order chi connectivity index (χ0) is 13.9. The molecule has 1 aliphatic heterocycles. The molecule has 1 atom stereocenters. The van der Waals surface area contributed by atoms with E-state index in [1.807, 2.05) is 12.1 Å². The van der Waals surface area contributed by atoms with E-state index in [0.717, 1.165) is 18.8 Å². The number of nitrogens with zero attached hydrogens (tertiary/aromatic N) is 1. The molecule has 0 amide bonds. The van der Waals surface area contributed by atoms with Crippen molar-refractivity contribution in [2.45, 2.75) is 17.9 Å². The number of ether oxygens (including phenoxy) is 1. The molecule has 106 valence electrons. The fourth-order valence-corrected chi connectivity index (χ4v) is 3.15. The zero-order valence-corrected chi connectivity index (χ0v) is 12.5. The first-order valence-corrected chi connectivity index (χ1v) is 8.51. The molecule has 1 saturated heterocycles. The number of anilines is 1. The van der Waals surface area contributed by atoms with Crippen molar-refractivity contribution in [1.29, 1.82) is 0 Å². The number of sulfone groups is 1. The fourth-order valence-electron chi connectivity index (χ4n) is 2.08. The summed E-state index contributed by atoms with van der Waals surface area (Å²) in [4.78, 5) is 2.54. The van der Waals surface area contributed by atoms with Crippen LogP contribution in [0.25, 0.3) is 0 Å². The molecule has 0 aromatic heterocycles. The van der Waals surface area contributed by atoms with Crippen LogP contribution >= 0.6 is 11.6 Å². The highest BCUT2D eigenvalue weighted by Gasteiger charge is 2.20. The molecule has 1 aromatic carbocycles. The predicted molar refractivity (Wildman–Crippen MR) is 76.8 cm³/mol. The van der Waals surface area contributed by atoms with E-state index in [1.165, 1.54) is 0 Å². The van der Waals surface area contributed by atoms with Gasteiger partial charge in [0.2, 0.25) is 0 Å². The maximum atomic E-state index is 11.7. The molecular weight excluding hydrogens is 286 g/mol. The van der Waals surface area contributed by atoms with Gasteiger partial charge in [-0.2, -0.15) is 0 Å². The van der Waals surface area contributed by atoms with Crippen LogP contribution < -0.4 is 4.90 Å². The summed E-state index contributed by atoms with van der Waals surface area (Å²) in [6, 6.07) is 7.02. The third-order valence-electron chi connectivity index (χ3n) is 3.25. The zero-order valence-electron chi connectivity index (χ0n) is 10.9. The van der Waals surface area contributed by atoms with Gasteiger partial charge in [-0.05, 0) is 24.3 Å². The number of benzene rings is 1. The minimum absolute atomic E-state index is 0.0365. The summed E-state index contributed by atoms with van der Waals surface area (Å²) in [6.45, 7) is 3.83. The van der Waals surface area contributed by atoms with Gasteiger partial charge in [0.1, 0.15) is 0 Å². The van der Waals surface area contributed by atoms with Crippen molar-refractivity contribution in [2.75, 3.05) is 36.2 Å². The highest BCUT2D eigenvalue weighted by molar-refractivity contribution is 7.91. The van der Waals surface area contributed by atoms with E-state index in [0.29, 0.717) is 17.4 Å². The summed E-state index contributed by atoms with van der Waals surface area (Å²) in [5, 5.41) is 0. The summed E-state index contributed by atoms with van der Waals surface area (Å²) >= 11 is 5.81. The highest BCUT2D eigenvalue weighted by Crippen LogP contribution is 2.21. The summed E-state index contributed by atoms with van der Waals surface area (Å²) in [7, 11) is -3.13. The Hall–Kier alpha value is -0.780. The molecule has 1 aliphatic rings. The van der Waals surface area contributed by atoms with Crippen molar-refractivity contribution in [3.8, 4) is 0 Å². The molecule has 6 heteroatoms. The molecule has 1 heterocycles. The van der Waals surface area contributed by atoms with Crippen LogP contribution in [0.15, 0.2) is 29.2 Å². The van der Waals surface area contributed by atoms with E-state index >= 15 is 0 Å². The topological polar surface area (TPSA) is 46.6 Å². The summed E-state index contributed by atoms with van der Waals surface area (Å²) < 4.78 is 29.0. The number of morpholine rings is 1. The largest absolute Gasteiger partial charge is 0.373 e. The molecular formula is C13H18ClNO3S. The van der Waals surface area contributed by atoms with Crippen molar-refractivity contribution in [3.05, 3.63) is 24.3 Å². The second-order valence-electron chi connectivity index (χ2n) is 4.49. The monoisotopic (exact) mass is 303 g/mol. The molecule has 19 heavy (non-hydrogen) atoms. The summed E-state index contributed by atoms with van der Waals surface area (Å²) in [6.07, 6.45) is 0.0365. The van der Waals surface area contributed by atoms with Gasteiger partial charge in [0.05, 0.1) is 29.2 Å². The van der Waals surface area contributed by atoms with Crippen LogP contribution in [0.1, 0.15) is 6.92 Å². The Morgan fingerprint density at radius 1 is 1.37 bits per heavy atom. The maximum absolute atomic E-state index is 11.7. The Bertz CT molecular complexity index is 515. The van der Waals surface area contributed by atoms with Crippen molar-refractivity contribution in [2.24, 2.45) is 0 Å². The first kappa shape index (κ1) is 14.6. The highest BCUT2D eigenvalue weighted by atomic mass is 35.5. The molecule has 1 aromatic rings. The van der Waals surface area contributed by atoms with E-state index in [1.54, 1.807) is 19.1 Å². The second-order valence-corrected chi connectivity index (χ2v) is 7.08. The SMILES string of the molecule is CCS(=O)(=O)c1ccc(N2CCOC(CCl)C2)cc1. The van der Waals surface area contributed by atoms with Crippen LogP contribution in [-0.4, -0.2) is 45.9 Å². The average molecular weight is 304 g/mol. The fraction of sp³-hybridized carbons (Fsp3) is 0.538. The maximum Gasteiger partial charge on any atom is 0.178 e. The Morgan fingerprint density at radius 3 is 2.63 bits per heavy atom. The quantitative estimate of drug-likeness (QED) is 0.797. The lowest BCUT2D eigenvalue weighted by Gasteiger charge is -2.33. The lowest BCUT2D eigenvalue weighted by atomic mass is 10.2. The third-order valence-corrected chi connectivity index (χ3v) is 5.35. The number of halogens is 1. The van der Waals surface area contributed by atoms with E-state index in [4.69, 9.17) is 16.3 Å². The molecule has 0 radical (unpaired) electrons. The van der Waals surface area contributed by atoms with Crippen molar-refractivity contribution in [3.63, 3.8) is 0 Å². The first-order valence-electron chi connectivity index (χ1n) is 6.32. The van der Waals surface area contributed by atoms with Crippen LogP contribution in [0, 0.1) is 0 Å². The summed E-state index contributed by atoms with van der Waals surface area (Å²) in [5.74, 6) is 0.594. The minimum Gasteiger partial charge on any atom is -0.373 e. The molecule has 2 rings (SSSR count). The van der Waals surface area contributed by atoms with E-state index in [9.17, 15) is 8.42 Å². The van der Waals surface area contributed by atoms with Gasteiger partial charge in [0.15, 0.2) is 9.84 Å². The number of rotatable bonds is 4. The number of hydrogen-bond acceptors (Lipinski definition) is 4. The number of hydrogen-bond donors (Lipinski definition) is 0. The summed E-state index contributed by atoms with van der Waals surface area (Å²) in [5.41, 5.74) is 1.01. The Kier molecular flexibility index (Phi) is 4.71. The normalized spacial score (nSPS) is 20.5. The molecule has 0 N–H and O–H groups in total. The van der Waals surface area contributed by atoms with Gasteiger partial charge in [0.25, 0.3) is 0 Å². The Morgan fingerprint density at radius 2 is 2.05 bits per heavy atom. The van der Waals surface area contributed by atoms with Crippen molar-refractivity contribution < 1.29 is 13.2 Å². The lowest BCUT2D eigenvalue weighted by molar-refractivity contribution is 0.0554.